The summed E-state index contributed by atoms with van der Waals surface area (Å²) in [5, 5.41) is 11.4. The van der Waals surface area contributed by atoms with Crippen LogP contribution in [0.4, 0.5) is 0 Å². The van der Waals surface area contributed by atoms with Crippen LogP contribution in [0.1, 0.15) is 25.8 Å². The SMILES string of the molecule is CCOC(CC)C(O)Cc1ccnc2ccccc12. The lowest BCUT2D eigenvalue weighted by Crippen LogP contribution is -2.30. The highest BCUT2D eigenvalue weighted by molar-refractivity contribution is 5.81. The number of benzene rings is 1. The Morgan fingerprint density at radius 3 is 2.74 bits per heavy atom. The van der Waals surface area contributed by atoms with Crippen molar-refractivity contribution in [3.8, 4) is 0 Å². The van der Waals surface area contributed by atoms with Crippen LogP contribution in [0.5, 0.6) is 0 Å². The molecule has 0 radical (unpaired) electrons. The van der Waals surface area contributed by atoms with E-state index < -0.39 is 6.10 Å². The van der Waals surface area contributed by atoms with Gasteiger partial charge in [-0.05, 0) is 31.0 Å². The van der Waals surface area contributed by atoms with Crippen LogP contribution >= 0.6 is 0 Å². The number of hydrogen-bond donors (Lipinski definition) is 1. The van der Waals surface area contributed by atoms with Gasteiger partial charge in [0.15, 0.2) is 0 Å². The summed E-state index contributed by atoms with van der Waals surface area (Å²) in [5.74, 6) is 0. The summed E-state index contributed by atoms with van der Waals surface area (Å²) in [6.07, 6.45) is 2.64. The van der Waals surface area contributed by atoms with Crippen molar-refractivity contribution in [2.75, 3.05) is 6.61 Å². The number of aromatic nitrogens is 1. The van der Waals surface area contributed by atoms with Crippen LogP contribution < -0.4 is 0 Å². The van der Waals surface area contributed by atoms with E-state index in [0.717, 1.165) is 22.9 Å². The summed E-state index contributed by atoms with van der Waals surface area (Å²) < 4.78 is 5.57. The molecule has 1 aromatic heterocycles. The second-order valence-corrected chi connectivity index (χ2v) is 4.66. The molecular weight excluding hydrogens is 238 g/mol. The number of nitrogens with zero attached hydrogens (tertiary/aromatic N) is 1. The standard InChI is InChI=1S/C16H21NO2/c1-3-16(19-4-2)15(18)11-12-9-10-17-14-8-6-5-7-13(12)14/h5-10,15-16,18H,3-4,11H2,1-2H3. The van der Waals surface area contributed by atoms with Crippen LogP contribution in [0.15, 0.2) is 36.5 Å². The molecule has 3 heteroatoms. The summed E-state index contributed by atoms with van der Waals surface area (Å²) in [4.78, 5) is 4.34. The van der Waals surface area contributed by atoms with Crippen molar-refractivity contribution in [1.82, 2.24) is 4.98 Å². The molecule has 0 aliphatic rings. The van der Waals surface area contributed by atoms with Gasteiger partial charge in [-0.1, -0.05) is 25.1 Å². The minimum Gasteiger partial charge on any atom is -0.390 e. The highest BCUT2D eigenvalue weighted by Gasteiger charge is 2.18. The van der Waals surface area contributed by atoms with Crippen LogP contribution in [0.3, 0.4) is 0 Å². The number of para-hydroxylation sites is 1. The number of rotatable bonds is 6. The lowest BCUT2D eigenvalue weighted by Gasteiger charge is -2.22. The van der Waals surface area contributed by atoms with E-state index in [0.29, 0.717) is 13.0 Å². The number of aliphatic hydroxyl groups excluding tert-OH is 1. The monoisotopic (exact) mass is 259 g/mol. The molecule has 1 heterocycles. The van der Waals surface area contributed by atoms with Crippen LogP contribution in [0.2, 0.25) is 0 Å². The molecule has 102 valence electrons. The molecule has 0 fully saturated rings. The van der Waals surface area contributed by atoms with E-state index in [-0.39, 0.29) is 6.10 Å². The molecule has 2 aromatic rings. The van der Waals surface area contributed by atoms with Gasteiger partial charge < -0.3 is 9.84 Å². The van der Waals surface area contributed by atoms with Crippen molar-refractivity contribution in [2.45, 2.75) is 38.9 Å². The maximum Gasteiger partial charge on any atom is 0.0842 e. The van der Waals surface area contributed by atoms with Gasteiger partial charge in [0.1, 0.15) is 0 Å². The molecule has 0 saturated carbocycles. The highest BCUT2D eigenvalue weighted by Crippen LogP contribution is 2.19. The maximum atomic E-state index is 10.3. The first kappa shape index (κ1) is 14.0. The van der Waals surface area contributed by atoms with Gasteiger partial charge in [0.05, 0.1) is 17.7 Å². The molecule has 0 aliphatic carbocycles. The average molecular weight is 259 g/mol. The first-order valence-corrected chi connectivity index (χ1v) is 6.88. The van der Waals surface area contributed by atoms with E-state index >= 15 is 0 Å². The van der Waals surface area contributed by atoms with Crippen molar-refractivity contribution in [1.29, 1.82) is 0 Å². The molecule has 2 unspecified atom stereocenters. The third-order valence-electron chi connectivity index (χ3n) is 3.38. The van der Waals surface area contributed by atoms with E-state index in [9.17, 15) is 5.11 Å². The van der Waals surface area contributed by atoms with E-state index in [1.165, 1.54) is 0 Å². The summed E-state index contributed by atoms with van der Waals surface area (Å²) >= 11 is 0. The Morgan fingerprint density at radius 1 is 1.21 bits per heavy atom. The van der Waals surface area contributed by atoms with Gasteiger partial charge in [-0.15, -0.1) is 0 Å². The van der Waals surface area contributed by atoms with Crippen molar-refractivity contribution in [3.63, 3.8) is 0 Å². The molecule has 0 bridgehead atoms. The zero-order chi connectivity index (χ0) is 13.7. The number of pyridine rings is 1. The average Bonchev–Trinajstić information content (AvgIpc) is 2.45. The predicted octanol–water partition coefficient (Wildman–Crippen LogP) is 2.95. The molecule has 1 N–H and O–H groups in total. The first-order valence-electron chi connectivity index (χ1n) is 6.88. The van der Waals surface area contributed by atoms with Gasteiger partial charge in [0.25, 0.3) is 0 Å². The number of aliphatic hydroxyl groups is 1. The Balaban J connectivity index is 2.21. The molecule has 2 rings (SSSR count). The summed E-state index contributed by atoms with van der Waals surface area (Å²) in [7, 11) is 0. The topological polar surface area (TPSA) is 42.4 Å². The van der Waals surface area contributed by atoms with Gasteiger partial charge in [0, 0.05) is 24.6 Å². The maximum absolute atomic E-state index is 10.3. The second kappa shape index (κ2) is 6.64. The quantitative estimate of drug-likeness (QED) is 0.867. The van der Waals surface area contributed by atoms with Crippen LogP contribution in [0.25, 0.3) is 10.9 Å². The molecule has 0 amide bonds. The summed E-state index contributed by atoms with van der Waals surface area (Å²) in [5.41, 5.74) is 2.09. The van der Waals surface area contributed by atoms with Gasteiger partial charge in [0.2, 0.25) is 0 Å². The summed E-state index contributed by atoms with van der Waals surface area (Å²) in [6.45, 7) is 4.62. The molecule has 0 saturated heterocycles. The van der Waals surface area contributed by atoms with Crippen molar-refractivity contribution in [3.05, 3.63) is 42.1 Å². The van der Waals surface area contributed by atoms with Gasteiger partial charge in [-0.2, -0.15) is 0 Å². The fourth-order valence-electron chi connectivity index (χ4n) is 2.40. The molecule has 19 heavy (non-hydrogen) atoms. The lowest BCUT2D eigenvalue weighted by atomic mass is 9.99. The van der Waals surface area contributed by atoms with E-state index in [1.54, 1.807) is 6.20 Å². The number of hydrogen-bond acceptors (Lipinski definition) is 3. The molecular formula is C16H21NO2. The van der Waals surface area contributed by atoms with Crippen LogP contribution in [0, 0.1) is 0 Å². The minimum absolute atomic E-state index is 0.100. The fourth-order valence-corrected chi connectivity index (χ4v) is 2.40. The number of fused-ring (bicyclic) bond motifs is 1. The fraction of sp³-hybridized carbons (Fsp3) is 0.438. The first-order chi connectivity index (χ1) is 9.26. The lowest BCUT2D eigenvalue weighted by molar-refractivity contribution is -0.0333. The zero-order valence-electron chi connectivity index (χ0n) is 11.5. The third kappa shape index (κ3) is 3.31. The van der Waals surface area contributed by atoms with Crippen LogP contribution in [-0.2, 0) is 11.2 Å². The van der Waals surface area contributed by atoms with Crippen molar-refractivity contribution < 1.29 is 9.84 Å². The molecule has 3 nitrogen and oxygen atoms in total. The van der Waals surface area contributed by atoms with Crippen molar-refractivity contribution in [2.24, 2.45) is 0 Å². The van der Waals surface area contributed by atoms with E-state index in [4.69, 9.17) is 4.74 Å². The molecule has 2 atom stereocenters. The Bertz CT molecular complexity index is 522. The normalized spacial score (nSPS) is 14.5. The van der Waals surface area contributed by atoms with Gasteiger partial charge in [-0.3, -0.25) is 4.98 Å². The van der Waals surface area contributed by atoms with E-state index in [1.807, 2.05) is 44.2 Å². The Labute approximate surface area is 114 Å². The van der Waals surface area contributed by atoms with Gasteiger partial charge in [-0.25, -0.2) is 0 Å². The zero-order valence-corrected chi connectivity index (χ0v) is 11.5. The third-order valence-corrected chi connectivity index (χ3v) is 3.38. The highest BCUT2D eigenvalue weighted by atomic mass is 16.5. The molecule has 0 aliphatic heterocycles. The smallest absolute Gasteiger partial charge is 0.0842 e. The largest absolute Gasteiger partial charge is 0.390 e. The minimum atomic E-state index is -0.476. The van der Waals surface area contributed by atoms with Gasteiger partial charge >= 0.3 is 0 Å². The van der Waals surface area contributed by atoms with Crippen LogP contribution in [-0.4, -0.2) is 28.9 Å². The molecule has 0 spiro atoms. The number of ether oxygens (including phenoxy) is 1. The Kier molecular flexibility index (Phi) is 4.88. The Morgan fingerprint density at radius 2 is 2.00 bits per heavy atom. The van der Waals surface area contributed by atoms with Crippen molar-refractivity contribution >= 4 is 10.9 Å². The Hall–Kier alpha value is -1.45. The second-order valence-electron chi connectivity index (χ2n) is 4.66. The van der Waals surface area contributed by atoms with E-state index in [2.05, 4.69) is 4.98 Å². The molecule has 1 aromatic carbocycles. The summed E-state index contributed by atoms with van der Waals surface area (Å²) in [6, 6.07) is 9.99. The predicted molar refractivity (Wildman–Crippen MR) is 77.2 cm³/mol.